The minimum absolute atomic E-state index is 0.403. The first-order chi connectivity index (χ1) is 7.22. The highest BCUT2D eigenvalue weighted by Crippen LogP contribution is 2.35. The van der Waals surface area contributed by atoms with E-state index in [0.717, 1.165) is 0 Å². The molecule has 0 aliphatic rings. The van der Waals surface area contributed by atoms with Crippen LogP contribution in [0.25, 0.3) is 0 Å². The van der Waals surface area contributed by atoms with Gasteiger partial charge in [0.15, 0.2) is 11.6 Å². The number of ether oxygens (including phenoxy) is 1. The number of hydrogen-bond donors (Lipinski definition) is 0. The Hall–Kier alpha value is -0.740. The smallest absolute Gasteiger partial charge is 0.404 e. The van der Waals surface area contributed by atoms with E-state index in [9.17, 15) is 26.3 Å². The molecule has 1 aromatic heterocycles. The lowest BCUT2D eigenvalue weighted by atomic mass is 10.2. The molecule has 0 aliphatic carbocycles. The zero-order valence-corrected chi connectivity index (χ0v) is 9.31. The summed E-state index contributed by atoms with van der Waals surface area (Å²) in [7, 11) is 0. The van der Waals surface area contributed by atoms with Gasteiger partial charge in [-0.15, -0.1) is 13.2 Å². The first-order valence-electron chi connectivity index (χ1n) is 3.60. The van der Waals surface area contributed by atoms with Crippen molar-refractivity contribution < 1.29 is 31.1 Å². The van der Waals surface area contributed by atoms with Gasteiger partial charge in [0.05, 0.1) is 6.20 Å². The van der Waals surface area contributed by atoms with Gasteiger partial charge in [-0.3, -0.25) is 0 Å². The summed E-state index contributed by atoms with van der Waals surface area (Å²) in [5, 5.41) is 0. The predicted molar refractivity (Wildman–Crippen MR) is 48.6 cm³/mol. The van der Waals surface area contributed by atoms with Gasteiger partial charge in [-0.25, -0.2) is 18.2 Å². The quantitative estimate of drug-likeness (QED) is 0.458. The lowest BCUT2D eigenvalue weighted by Crippen LogP contribution is -2.19. The molecule has 0 radical (unpaired) electrons. The van der Waals surface area contributed by atoms with Crippen LogP contribution >= 0.6 is 22.6 Å². The van der Waals surface area contributed by atoms with Gasteiger partial charge >= 0.3 is 6.36 Å². The number of alkyl halides is 5. The monoisotopic (exact) mass is 357 g/mol. The van der Waals surface area contributed by atoms with E-state index in [1.807, 2.05) is 0 Å². The van der Waals surface area contributed by atoms with Crippen LogP contribution < -0.4 is 4.74 Å². The maximum atomic E-state index is 13.1. The summed E-state index contributed by atoms with van der Waals surface area (Å²) in [6.45, 7) is 0. The van der Waals surface area contributed by atoms with E-state index >= 15 is 0 Å². The molecular formula is C7H2F6INO. The Morgan fingerprint density at radius 1 is 1.31 bits per heavy atom. The van der Waals surface area contributed by atoms with E-state index in [1.165, 1.54) is 22.6 Å². The second-order valence-electron chi connectivity index (χ2n) is 2.49. The minimum atomic E-state index is -5.18. The summed E-state index contributed by atoms with van der Waals surface area (Å²) in [6.07, 6.45) is -8.20. The van der Waals surface area contributed by atoms with Crippen LogP contribution in [0.15, 0.2) is 6.20 Å². The van der Waals surface area contributed by atoms with Gasteiger partial charge in [0.2, 0.25) is 0 Å². The zero-order valence-electron chi connectivity index (χ0n) is 7.16. The van der Waals surface area contributed by atoms with Crippen molar-refractivity contribution in [1.29, 1.82) is 0 Å². The fraction of sp³-hybridized carbons (Fsp3) is 0.286. The Morgan fingerprint density at radius 2 is 1.88 bits per heavy atom. The Kier molecular flexibility index (Phi) is 3.86. The molecule has 90 valence electrons. The summed E-state index contributed by atoms with van der Waals surface area (Å²) in [6, 6.07) is 0. The van der Waals surface area contributed by atoms with E-state index in [2.05, 4.69) is 9.72 Å². The normalized spacial score (nSPS) is 12.0. The summed E-state index contributed by atoms with van der Waals surface area (Å²) >= 11 is 1.28. The van der Waals surface area contributed by atoms with Gasteiger partial charge in [0.25, 0.3) is 6.43 Å². The molecule has 2 nitrogen and oxygen atoms in total. The molecule has 0 fully saturated rings. The third-order valence-corrected chi connectivity index (χ3v) is 2.17. The molecule has 9 heteroatoms. The largest absolute Gasteiger partial charge is 0.573 e. The molecule has 0 N–H and O–H groups in total. The number of pyridine rings is 1. The lowest BCUT2D eigenvalue weighted by Gasteiger charge is -2.13. The van der Waals surface area contributed by atoms with Crippen LogP contribution in [0, 0.1) is 9.52 Å². The number of rotatable bonds is 2. The number of halogens is 7. The Morgan fingerprint density at radius 3 is 2.31 bits per heavy atom. The van der Waals surface area contributed by atoms with Crippen molar-refractivity contribution in [3.05, 3.63) is 21.3 Å². The van der Waals surface area contributed by atoms with E-state index in [1.54, 1.807) is 0 Å². The topological polar surface area (TPSA) is 22.1 Å². The predicted octanol–water partition coefficient (Wildman–Crippen LogP) is 3.66. The van der Waals surface area contributed by atoms with E-state index < -0.39 is 33.6 Å². The fourth-order valence-electron chi connectivity index (χ4n) is 0.870. The third-order valence-electron chi connectivity index (χ3n) is 1.42. The number of hydrogen-bond acceptors (Lipinski definition) is 2. The molecule has 0 saturated heterocycles. The van der Waals surface area contributed by atoms with Crippen molar-refractivity contribution in [2.24, 2.45) is 0 Å². The Bertz CT molecular complexity index is 393. The van der Waals surface area contributed by atoms with Crippen LogP contribution in [0.2, 0.25) is 0 Å². The average molecular weight is 357 g/mol. The summed E-state index contributed by atoms with van der Waals surface area (Å²) in [5.41, 5.74) is -1.45. The van der Waals surface area contributed by atoms with Crippen LogP contribution in [0.1, 0.15) is 12.0 Å². The van der Waals surface area contributed by atoms with Gasteiger partial charge in [-0.2, -0.15) is 0 Å². The number of aromatic nitrogens is 1. The fourth-order valence-corrected chi connectivity index (χ4v) is 1.30. The zero-order chi connectivity index (χ0) is 12.5. The van der Waals surface area contributed by atoms with Crippen LogP contribution in [-0.4, -0.2) is 11.3 Å². The van der Waals surface area contributed by atoms with Crippen molar-refractivity contribution in [3.8, 4) is 5.75 Å². The Balaban J connectivity index is 3.24. The van der Waals surface area contributed by atoms with Crippen molar-refractivity contribution in [1.82, 2.24) is 4.98 Å². The van der Waals surface area contributed by atoms with Gasteiger partial charge in [-0.05, 0) is 22.6 Å². The van der Waals surface area contributed by atoms with Crippen molar-refractivity contribution in [2.45, 2.75) is 12.8 Å². The maximum Gasteiger partial charge on any atom is 0.573 e. The molecular weight excluding hydrogens is 355 g/mol. The maximum absolute atomic E-state index is 13.1. The van der Waals surface area contributed by atoms with Crippen molar-refractivity contribution in [3.63, 3.8) is 0 Å². The summed E-state index contributed by atoms with van der Waals surface area (Å²) in [4.78, 5) is 3.16. The minimum Gasteiger partial charge on any atom is -0.404 e. The first-order valence-corrected chi connectivity index (χ1v) is 4.68. The molecule has 0 aliphatic heterocycles. The molecule has 0 saturated carbocycles. The summed E-state index contributed by atoms with van der Waals surface area (Å²) in [5.74, 6) is -2.85. The molecule has 0 amide bonds. The second kappa shape index (κ2) is 4.63. The molecule has 0 atom stereocenters. The van der Waals surface area contributed by atoms with Crippen LogP contribution in [0.5, 0.6) is 5.75 Å². The molecule has 0 aromatic carbocycles. The van der Waals surface area contributed by atoms with Gasteiger partial charge in [0, 0.05) is 0 Å². The molecule has 1 rings (SSSR count). The number of nitrogens with zero attached hydrogens (tertiary/aromatic N) is 1. The highest BCUT2D eigenvalue weighted by Gasteiger charge is 2.35. The molecule has 1 heterocycles. The average Bonchev–Trinajstić information content (AvgIpc) is 2.08. The molecule has 16 heavy (non-hydrogen) atoms. The van der Waals surface area contributed by atoms with Crippen molar-refractivity contribution >= 4 is 22.6 Å². The van der Waals surface area contributed by atoms with E-state index in [0.29, 0.717) is 6.20 Å². The molecule has 1 aromatic rings. The first kappa shape index (κ1) is 13.3. The molecule has 0 unspecified atom stereocenters. The van der Waals surface area contributed by atoms with E-state index in [-0.39, 0.29) is 0 Å². The highest BCUT2D eigenvalue weighted by molar-refractivity contribution is 14.1. The lowest BCUT2D eigenvalue weighted by molar-refractivity contribution is -0.275. The van der Waals surface area contributed by atoms with Crippen molar-refractivity contribution in [2.75, 3.05) is 0 Å². The summed E-state index contributed by atoms with van der Waals surface area (Å²) < 4.78 is 75.9. The standard InChI is InChI=1S/C7H2F6INO/c8-4-3(5(9)10)2(1-15-6(4)14)16-7(11,12)13/h1,5H. The molecule has 0 bridgehead atoms. The molecule has 0 spiro atoms. The van der Waals surface area contributed by atoms with Crippen LogP contribution in [0.3, 0.4) is 0 Å². The Labute approximate surface area is 98.7 Å². The van der Waals surface area contributed by atoms with Crippen LogP contribution in [0.4, 0.5) is 26.3 Å². The van der Waals surface area contributed by atoms with Gasteiger partial charge < -0.3 is 4.74 Å². The SMILES string of the molecule is Fc1c(I)ncc(OC(F)(F)F)c1C(F)F. The van der Waals surface area contributed by atoms with Gasteiger partial charge in [-0.1, -0.05) is 0 Å². The van der Waals surface area contributed by atoms with E-state index in [4.69, 9.17) is 0 Å². The third kappa shape index (κ3) is 3.12. The highest BCUT2D eigenvalue weighted by atomic mass is 127. The van der Waals surface area contributed by atoms with Crippen LogP contribution in [-0.2, 0) is 0 Å². The van der Waals surface area contributed by atoms with Gasteiger partial charge in [0.1, 0.15) is 9.26 Å². The second-order valence-corrected chi connectivity index (χ2v) is 3.51.